The van der Waals surface area contributed by atoms with E-state index in [0.717, 1.165) is 24.3 Å². The van der Waals surface area contributed by atoms with Crippen molar-refractivity contribution >= 4 is 46.4 Å². The normalized spacial score (nSPS) is 11.7. The summed E-state index contributed by atoms with van der Waals surface area (Å²) >= 11 is 0. The van der Waals surface area contributed by atoms with Crippen molar-refractivity contribution in [3.8, 4) is 11.5 Å². The van der Waals surface area contributed by atoms with E-state index in [-0.39, 0.29) is 0 Å². The van der Waals surface area contributed by atoms with Gasteiger partial charge in [-0.2, -0.15) is 0 Å². The van der Waals surface area contributed by atoms with Crippen LogP contribution in [0.4, 0.5) is 0 Å². The lowest BCUT2D eigenvalue weighted by molar-refractivity contribution is 0.490. The second-order valence-electron chi connectivity index (χ2n) is 11.5. The average Bonchev–Trinajstić information content (AvgIpc) is 3.10. The minimum absolute atomic E-state index is 0.924. The van der Waals surface area contributed by atoms with Gasteiger partial charge in [-0.15, -0.1) is 0 Å². The van der Waals surface area contributed by atoms with Crippen LogP contribution in [0.5, 0.6) is 11.5 Å². The maximum atomic E-state index is 7.21. The Balaban J connectivity index is 1.56. The second-order valence-corrected chi connectivity index (χ2v) is 18.5. The third-order valence-corrected chi connectivity index (χ3v) is 16.7. The molecule has 0 spiro atoms. The Morgan fingerprint density at radius 3 is 1.27 bits per heavy atom. The standard InChI is InChI=1S/C41H40OP2/c1-4-19-33-30-31-39(41(32-33)44(3,36-24-13-7-14-25-36)37-26-15-8-16-27-37)42-38-28-17-18-29-40(38)43(2,34-20-9-5-10-21-34)35-22-11-6-12-23-35/h5-18,20-32H,4,19H2,1-3H3/q+2. The summed E-state index contributed by atoms with van der Waals surface area (Å²) in [5.74, 6) is 1.86. The van der Waals surface area contributed by atoms with Crippen molar-refractivity contribution in [1.29, 1.82) is 0 Å². The topological polar surface area (TPSA) is 9.23 Å². The molecule has 6 aromatic carbocycles. The number of aryl methyl sites for hydroxylation is 1. The van der Waals surface area contributed by atoms with E-state index in [2.05, 4.69) is 184 Å². The summed E-state index contributed by atoms with van der Waals surface area (Å²) in [6.45, 7) is 7.13. The maximum absolute atomic E-state index is 7.21. The van der Waals surface area contributed by atoms with Crippen molar-refractivity contribution in [3.05, 3.63) is 169 Å². The summed E-state index contributed by atoms with van der Waals surface area (Å²) in [5.41, 5.74) is 1.35. The summed E-state index contributed by atoms with van der Waals surface area (Å²) in [6.07, 6.45) is 2.14. The van der Waals surface area contributed by atoms with Crippen LogP contribution < -0.4 is 36.6 Å². The number of hydrogen-bond acceptors (Lipinski definition) is 1. The molecule has 0 saturated carbocycles. The van der Waals surface area contributed by atoms with Gasteiger partial charge in [0.1, 0.15) is 46.4 Å². The van der Waals surface area contributed by atoms with Crippen molar-refractivity contribution in [2.45, 2.75) is 19.8 Å². The molecular weight excluding hydrogens is 570 g/mol. The summed E-state index contributed by atoms with van der Waals surface area (Å²) in [6, 6.07) is 59.5. The highest BCUT2D eigenvalue weighted by atomic mass is 31.2. The van der Waals surface area contributed by atoms with E-state index in [1.807, 2.05) is 0 Å². The molecule has 0 N–H and O–H groups in total. The van der Waals surface area contributed by atoms with E-state index in [1.165, 1.54) is 37.4 Å². The molecule has 1 nitrogen and oxygen atoms in total. The number of para-hydroxylation sites is 1. The third kappa shape index (κ3) is 5.76. The molecule has 0 fully saturated rings. The zero-order valence-corrected chi connectivity index (χ0v) is 27.6. The van der Waals surface area contributed by atoms with Gasteiger partial charge >= 0.3 is 0 Å². The van der Waals surface area contributed by atoms with E-state index >= 15 is 0 Å². The molecule has 0 unspecified atom stereocenters. The molecule has 0 aromatic heterocycles. The molecule has 0 saturated heterocycles. The van der Waals surface area contributed by atoms with E-state index in [4.69, 9.17) is 4.74 Å². The molecule has 6 rings (SSSR count). The highest BCUT2D eigenvalue weighted by molar-refractivity contribution is 7.95. The van der Waals surface area contributed by atoms with Crippen molar-refractivity contribution in [2.75, 3.05) is 13.3 Å². The average molecular weight is 611 g/mol. The first-order valence-corrected chi connectivity index (χ1v) is 19.9. The fourth-order valence-electron chi connectivity index (χ4n) is 6.23. The molecule has 6 aromatic rings. The summed E-state index contributed by atoms with van der Waals surface area (Å²) < 4.78 is 7.21. The summed E-state index contributed by atoms with van der Waals surface area (Å²) in [7, 11) is -4.05. The highest BCUT2D eigenvalue weighted by Gasteiger charge is 2.45. The lowest BCUT2D eigenvalue weighted by Crippen LogP contribution is -2.32. The number of ether oxygens (including phenoxy) is 1. The molecule has 0 aliphatic heterocycles. The van der Waals surface area contributed by atoms with Gasteiger partial charge in [0.2, 0.25) is 0 Å². The predicted molar refractivity (Wildman–Crippen MR) is 196 cm³/mol. The van der Waals surface area contributed by atoms with Gasteiger partial charge in [0.25, 0.3) is 0 Å². The summed E-state index contributed by atoms with van der Waals surface area (Å²) in [5, 5.41) is 7.92. The molecule has 44 heavy (non-hydrogen) atoms. The first kappa shape index (κ1) is 30.0. The van der Waals surface area contributed by atoms with Crippen LogP contribution in [-0.2, 0) is 6.42 Å². The minimum atomic E-state index is -2.04. The predicted octanol–water partition coefficient (Wildman–Crippen LogP) is 8.28. The van der Waals surface area contributed by atoms with E-state index in [9.17, 15) is 0 Å². The smallest absolute Gasteiger partial charge is 0.170 e. The molecule has 0 bridgehead atoms. The Bertz CT molecular complexity index is 1720. The van der Waals surface area contributed by atoms with Crippen LogP contribution in [0.25, 0.3) is 0 Å². The molecular formula is C41H40OP2+2. The van der Waals surface area contributed by atoms with Gasteiger partial charge in [0.15, 0.2) is 11.5 Å². The van der Waals surface area contributed by atoms with Gasteiger partial charge in [-0.25, -0.2) is 0 Å². The highest BCUT2D eigenvalue weighted by Crippen LogP contribution is 2.56. The van der Waals surface area contributed by atoms with Crippen LogP contribution >= 0.6 is 14.5 Å². The van der Waals surface area contributed by atoms with Gasteiger partial charge < -0.3 is 4.74 Å². The van der Waals surface area contributed by atoms with Crippen LogP contribution in [-0.4, -0.2) is 13.3 Å². The molecule has 0 aliphatic rings. The molecule has 0 radical (unpaired) electrons. The Hall–Kier alpha value is -4.02. The van der Waals surface area contributed by atoms with E-state index < -0.39 is 14.5 Å². The molecule has 0 aliphatic carbocycles. The molecule has 0 atom stereocenters. The molecule has 218 valence electrons. The number of rotatable bonds is 10. The Morgan fingerprint density at radius 1 is 0.432 bits per heavy atom. The SMILES string of the molecule is CCCc1ccc(Oc2ccccc2[P+](C)(c2ccccc2)c2ccccc2)c([P+](C)(c2ccccc2)c2ccccc2)c1. The quantitative estimate of drug-likeness (QED) is 0.142. The second kappa shape index (κ2) is 13.3. The lowest BCUT2D eigenvalue weighted by Gasteiger charge is -2.27. The van der Waals surface area contributed by atoms with Crippen molar-refractivity contribution in [2.24, 2.45) is 0 Å². The van der Waals surface area contributed by atoms with Crippen LogP contribution in [0.2, 0.25) is 0 Å². The van der Waals surface area contributed by atoms with Crippen LogP contribution in [0.1, 0.15) is 18.9 Å². The number of benzene rings is 6. The number of hydrogen-bond donors (Lipinski definition) is 0. The zero-order valence-electron chi connectivity index (χ0n) is 25.8. The molecule has 3 heteroatoms. The minimum Gasteiger partial charge on any atom is -0.449 e. The maximum Gasteiger partial charge on any atom is 0.170 e. The first-order valence-electron chi connectivity index (χ1n) is 15.4. The van der Waals surface area contributed by atoms with Crippen LogP contribution in [0.3, 0.4) is 0 Å². The first-order chi connectivity index (χ1) is 21.5. The zero-order chi connectivity index (χ0) is 30.4. The van der Waals surface area contributed by atoms with Gasteiger partial charge in [0.05, 0.1) is 13.3 Å². The Labute approximate surface area is 264 Å². The molecule has 0 heterocycles. The van der Waals surface area contributed by atoms with E-state index in [1.54, 1.807) is 0 Å². The fraction of sp³-hybridized carbons (Fsp3) is 0.122. The van der Waals surface area contributed by atoms with Crippen molar-refractivity contribution in [1.82, 2.24) is 0 Å². The largest absolute Gasteiger partial charge is 0.449 e. The van der Waals surface area contributed by atoms with Crippen LogP contribution in [0.15, 0.2) is 164 Å². The van der Waals surface area contributed by atoms with Gasteiger partial charge in [-0.05, 0) is 84.8 Å². The van der Waals surface area contributed by atoms with Gasteiger partial charge in [-0.3, -0.25) is 0 Å². The van der Waals surface area contributed by atoms with Crippen molar-refractivity contribution in [3.63, 3.8) is 0 Å². The lowest BCUT2D eigenvalue weighted by atomic mass is 10.1. The van der Waals surface area contributed by atoms with Gasteiger partial charge in [0, 0.05) is 0 Å². The van der Waals surface area contributed by atoms with Crippen molar-refractivity contribution < 1.29 is 4.74 Å². The fourth-order valence-corrected chi connectivity index (χ4v) is 12.9. The summed E-state index contributed by atoms with van der Waals surface area (Å²) in [4.78, 5) is 0. The van der Waals surface area contributed by atoms with E-state index in [0.29, 0.717) is 0 Å². The van der Waals surface area contributed by atoms with Gasteiger partial charge in [-0.1, -0.05) is 104 Å². The Kier molecular flexibility index (Phi) is 9.09. The van der Waals surface area contributed by atoms with Crippen LogP contribution in [0, 0.1) is 0 Å². The third-order valence-electron chi connectivity index (χ3n) is 8.70. The molecule has 0 amide bonds. The Morgan fingerprint density at radius 2 is 0.818 bits per heavy atom. The monoisotopic (exact) mass is 610 g/mol.